The van der Waals surface area contributed by atoms with Gasteiger partial charge >= 0.3 is 0 Å². The second-order valence-corrected chi connectivity index (χ2v) is 5.45. The first-order valence-electron chi connectivity index (χ1n) is 7.42. The highest BCUT2D eigenvalue weighted by atomic mass is 19.1. The lowest BCUT2D eigenvalue weighted by Crippen LogP contribution is -2.26. The van der Waals surface area contributed by atoms with E-state index in [4.69, 9.17) is 0 Å². The molecule has 0 fully saturated rings. The molecule has 116 valence electrons. The van der Waals surface area contributed by atoms with Crippen molar-refractivity contribution in [3.05, 3.63) is 67.0 Å². The lowest BCUT2D eigenvalue weighted by atomic mass is 10.2. The number of nitrogens with zero attached hydrogens (tertiary/aromatic N) is 4. The number of anilines is 2. The first-order chi connectivity index (χ1) is 11.1. The molecule has 0 saturated carbocycles. The summed E-state index contributed by atoms with van der Waals surface area (Å²) in [5, 5.41) is 0. The van der Waals surface area contributed by atoms with Crippen LogP contribution in [0.1, 0.15) is 13.8 Å². The summed E-state index contributed by atoms with van der Waals surface area (Å²) in [7, 11) is 0. The molecule has 0 N–H and O–H groups in total. The third-order valence-electron chi connectivity index (χ3n) is 3.46. The van der Waals surface area contributed by atoms with Crippen LogP contribution in [-0.2, 0) is 0 Å². The summed E-state index contributed by atoms with van der Waals surface area (Å²) < 4.78 is 13.6. The summed E-state index contributed by atoms with van der Waals surface area (Å²) in [6.07, 6.45) is 5.00. The van der Waals surface area contributed by atoms with E-state index >= 15 is 0 Å². The van der Waals surface area contributed by atoms with Crippen molar-refractivity contribution in [3.63, 3.8) is 0 Å². The maximum atomic E-state index is 13.6. The molecule has 0 saturated heterocycles. The van der Waals surface area contributed by atoms with Gasteiger partial charge in [-0.3, -0.25) is 4.98 Å². The number of benzene rings is 1. The average molecular weight is 308 g/mol. The van der Waals surface area contributed by atoms with Crippen LogP contribution < -0.4 is 4.90 Å². The second-order valence-electron chi connectivity index (χ2n) is 5.45. The van der Waals surface area contributed by atoms with Gasteiger partial charge in [-0.25, -0.2) is 14.4 Å². The summed E-state index contributed by atoms with van der Waals surface area (Å²) in [5.41, 5.74) is 2.46. The van der Waals surface area contributed by atoms with Crippen LogP contribution in [0.25, 0.3) is 11.3 Å². The van der Waals surface area contributed by atoms with Gasteiger partial charge in [-0.1, -0.05) is 6.07 Å². The van der Waals surface area contributed by atoms with Crippen molar-refractivity contribution < 1.29 is 4.39 Å². The van der Waals surface area contributed by atoms with Crippen molar-refractivity contribution in [1.82, 2.24) is 15.0 Å². The van der Waals surface area contributed by atoms with E-state index in [9.17, 15) is 4.39 Å². The normalized spacial score (nSPS) is 10.8. The van der Waals surface area contributed by atoms with Crippen LogP contribution in [0.5, 0.6) is 0 Å². The van der Waals surface area contributed by atoms with Gasteiger partial charge in [-0.05, 0) is 44.2 Å². The Hall–Kier alpha value is -2.82. The number of hydrogen-bond donors (Lipinski definition) is 0. The average Bonchev–Trinajstić information content (AvgIpc) is 2.56. The van der Waals surface area contributed by atoms with Crippen LogP contribution in [0.4, 0.5) is 15.9 Å². The van der Waals surface area contributed by atoms with Crippen molar-refractivity contribution in [2.45, 2.75) is 19.9 Å². The molecular weight excluding hydrogens is 291 g/mol. The molecule has 0 radical (unpaired) electrons. The molecule has 0 amide bonds. The van der Waals surface area contributed by atoms with Gasteiger partial charge in [0, 0.05) is 35.8 Å². The molecule has 4 nitrogen and oxygen atoms in total. The highest BCUT2D eigenvalue weighted by Gasteiger charge is 2.16. The van der Waals surface area contributed by atoms with Gasteiger partial charge in [0.05, 0.1) is 5.69 Å². The molecule has 2 aromatic heterocycles. The maximum absolute atomic E-state index is 13.6. The highest BCUT2D eigenvalue weighted by Crippen LogP contribution is 2.28. The summed E-state index contributed by atoms with van der Waals surface area (Å²) >= 11 is 0. The van der Waals surface area contributed by atoms with E-state index < -0.39 is 0 Å². The number of hydrogen-bond acceptors (Lipinski definition) is 4. The van der Waals surface area contributed by atoms with Gasteiger partial charge in [0.2, 0.25) is 0 Å². The fourth-order valence-corrected chi connectivity index (χ4v) is 2.47. The number of aromatic nitrogens is 3. The Bertz CT molecular complexity index is 790. The predicted octanol–water partition coefficient (Wildman–Crippen LogP) is 4.22. The van der Waals surface area contributed by atoms with Gasteiger partial charge < -0.3 is 4.90 Å². The summed E-state index contributed by atoms with van der Waals surface area (Å²) in [4.78, 5) is 14.8. The Kier molecular flexibility index (Phi) is 4.28. The van der Waals surface area contributed by atoms with Crippen LogP contribution in [0.2, 0.25) is 0 Å². The van der Waals surface area contributed by atoms with Gasteiger partial charge in [0.25, 0.3) is 0 Å². The van der Waals surface area contributed by atoms with Crippen molar-refractivity contribution in [2.24, 2.45) is 0 Å². The van der Waals surface area contributed by atoms with Crippen LogP contribution >= 0.6 is 0 Å². The Morgan fingerprint density at radius 1 is 1.04 bits per heavy atom. The minimum absolute atomic E-state index is 0.119. The number of rotatable bonds is 4. The monoisotopic (exact) mass is 308 g/mol. The standard InChI is InChI=1S/C18H17FN4/c1-13(2)23(16-7-3-6-15(19)9-16)18-10-17(21-12-22-18)14-5-4-8-20-11-14/h3-13H,1-2H3. The lowest BCUT2D eigenvalue weighted by Gasteiger charge is -2.28. The molecule has 3 rings (SSSR count). The van der Waals surface area contributed by atoms with Gasteiger partial charge in [0.15, 0.2) is 0 Å². The Labute approximate surface area is 134 Å². The van der Waals surface area contributed by atoms with Crippen molar-refractivity contribution in [1.29, 1.82) is 0 Å². The molecule has 0 aliphatic carbocycles. The first-order valence-corrected chi connectivity index (χ1v) is 7.42. The molecule has 0 bridgehead atoms. The summed E-state index contributed by atoms with van der Waals surface area (Å²) in [6, 6.07) is 12.3. The molecule has 2 heterocycles. The van der Waals surface area contributed by atoms with Crippen LogP contribution in [0, 0.1) is 5.82 Å². The molecule has 0 atom stereocenters. The summed E-state index contributed by atoms with van der Waals surface area (Å²) in [5.74, 6) is 0.453. The Morgan fingerprint density at radius 3 is 2.61 bits per heavy atom. The van der Waals surface area contributed by atoms with Crippen molar-refractivity contribution in [2.75, 3.05) is 4.90 Å². The van der Waals surface area contributed by atoms with E-state index in [-0.39, 0.29) is 11.9 Å². The quantitative estimate of drug-likeness (QED) is 0.723. The van der Waals surface area contributed by atoms with Gasteiger partial charge in [-0.2, -0.15) is 0 Å². The predicted molar refractivity (Wildman–Crippen MR) is 88.9 cm³/mol. The molecule has 0 unspecified atom stereocenters. The Balaban J connectivity index is 2.04. The summed E-state index contributed by atoms with van der Waals surface area (Å²) in [6.45, 7) is 4.08. The SMILES string of the molecule is CC(C)N(c1cccc(F)c1)c1cc(-c2cccnc2)ncn1. The minimum Gasteiger partial charge on any atom is -0.324 e. The Morgan fingerprint density at radius 2 is 1.91 bits per heavy atom. The second kappa shape index (κ2) is 6.52. The van der Waals surface area contributed by atoms with Crippen LogP contribution in [0.15, 0.2) is 61.2 Å². The minimum atomic E-state index is -0.269. The molecular formula is C18H17FN4. The van der Waals surface area contributed by atoms with Crippen LogP contribution in [-0.4, -0.2) is 21.0 Å². The molecule has 5 heteroatoms. The zero-order valence-corrected chi connectivity index (χ0v) is 13.0. The van der Waals surface area contributed by atoms with Crippen molar-refractivity contribution in [3.8, 4) is 11.3 Å². The topological polar surface area (TPSA) is 41.9 Å². The van der Waals surface area contributed by atoms with Gasteiger partial charge in [0.1, 0.15) is 18.0 Å². The van der Waals surface area contributed by atoms with Crippen LogP contribution in [0.3, 0.4) is 0 Å². The number of pyridine rings is 1. The maximum Gasteiger partial charge on any atom is 0.137 e. The third kappa shape index (κ3) is 3.34. The zero-order chi connectivity index (χ0) is 16.2. The molecule has 3 aromatic rings. The third-order valence-corrected chi connectivity index (χ3v) is 3.46. The van der Waals surface area contributed by atoms with E-state index in [0.717, 1.165) is 22.8 Å². The van der Waals surface area contributed by atoms with E-state index in [1.807, 2.05) is 43.0 Å². The fourth-order valence-electron chi connectivity index (χ4n) is 2.47. The molecule has 23 heavy (non-hydrogen) atoms. The molecule has 1 aromatic carbocycles. The smallest absolute Gasteiger partial charge is 0.137 e. The lowest BCUT2D eigenvalue weighted by molar-refractivity contribution is 0.626. The molecule has 0 aliphatic rings. The van der Waals surface area contributed by atoms with E-state index in [1.165, 1.54) is 18.5 Å². The van der Waals surface area contributed by atoms with Crippen molar-refractivity contribution >= 4 is 11.5 Å². The van der Waals surface area contributed by atoms with Gasteiger partial charge in [-0.15, -0.1) is 0 Å². The zero-order valence-electron chi connectivity index (χ0n) is 13.0. The largest absolute Gasteiger partial charge is 0.324 e. The highest BCUT2D eigenvalue weighted by molar-refractivity contribution is 5.66. The van der Waals surface area contributed by atoms with E-state index in [1.54, 1.807) is 18.5 Å². The van der Waals surface area contributed by atoms with E-state index in [0.29, 0.717) is 0 Å². The molecule has 0 spiro atoms. The van der Waals surface area contributed by atoms with E-state index in [2.05, 4.69) is 15.0 Å². The fraction of sp³-hybridized carbons (Fsp3) is 0.167. The first kappa shape index (κ1) is 15.1. The number of halogens is 1. The molecule has 0 aliphatic heterocycles.